The van der Waals surface area contributed by atoms with Gasteiger partial charge in [-0.1, -0.05) is 18.2 Å². The van der Waals surface area contributed by atoms with Gasteiger partial charge in [-0.25, -0.2) is 9.97 Å². The van der Waals surface area contributed by atoms with E-state index in [4.69, 9.17) is 15.5 Å². The Balaban J connectivity index is 1.43. The summed E-state index contributed by atoms with van der Waals surface area (Å²) < 4.78 is 5.75. The molecule has 0 aliphatic carbocycles. The molecule has 1 atom stereocenters. The first-order valence-electron chi connectivity index (χ1n) is 9.79. The number of morpholine rings is 1. The highest BCUT2D eigenvalue weighted by molar-refractivity contribution is 5.93. The Morgan fingerprint density at radius 3 is 2.83 bits per heavy atom. The molecule has 4 N–H and O–H groups in total. The van der Waals surface area contributed by atoms with E-state index in [0.717, 1.165) is 46.6 Å². The van der Waals surface area contributed by atoms with Crippen molar-refractivity contribution >= 4 is 28.2 Å². The normalized spacial score (nSPS) is 16.5. The number of para-hydroxylation sites is 1. The number of pyridine rings is 2. The van der Waals surface area contributed by atoms with Crippen LogP contribution >= 0.6 is 0 Å². The summed E-state index contributed by atoms with van der Waals surface area (Å²) in [6.45, 7) is 2.35. The van der Waals surface area contributed by atoms with Crippen molar-refractivity contribution in [2.45, 2.75) is 6.10 Å². The summed E-state index contributed by atoms with van der Waals surface area (Å²) in [6, 6.07) is 13.4. The number of ether oxygens (including phenoxy) is 1. The van der Waals surface area contributed by atoms with Gasteiger partial charge in [0.15, 0.2) is 0 Å². The fraction of sp³-hybridized carbons (Fsp3) is 0.182. The van der Waals surface area contributed by atoms with Gasteiger partial charge < -0.3 is 21.1 Å². The molecular weight excluding hydrogens is 378 g/mol. The lowest BCUT2D eigenvalue weighted by atomic mass is 10.1. The Labute approximate surface area is 173 Å². The maximum absolute atomic E-state index is 5.93. The molecule has 1 aliphatic rings. The highest BCUT2D eigenvalue weighted by Crippen LogP contribution is 2.28. The predicted octanol–water partition coefficient (Wildman–Crippen LogP) is 3.07. The minimum atomic E-state index is -0.0157. The number of nitrogen functional groups attached to an aromatic ring is 1. The molecule has 150 valence electrons. The third kappa shape index (κ3) is 3.78. The molecule has 1 aliphatic heterocycles. The van der Waals surface area contributed by atoms with Crippen LogP contribution < -0.4 is 16.4 Å². The topological polar surface area (TPSA) is 111 Å². The third-order valence-electron chi connectivity index (χ3n) is 4.97. The fourth-order valence-corrected chi connectivity index (χ4v) is 3.47. The first kappa shape index (κ1) is 18.4. The molecule has 0 radical (unpaired) electrons. The average Bonchev–Trinajstić information content (AvgIpc) is 2.80. The lowest BCUT2D eigenvalue weighted by Crippen LogP contribution is -2.33. The van der Waals surface area contributed by atoms with Crippen molar-refractivity contribution in [2.24, 2.45) is 0 Å². The van der Waals surface area contributed by atoms with E-state index in [1.54, 1.807) is 24.7 Å². The standard InChI is InChI=1S/C22H21N7O/c23-15-6-7-25-19(10-15)17-3-1-2-14-11-27-22(29-21(14)17)28-16-4-5-18(26-12-16)20-13-24-8-9-30-20/h1-7,10-12,20,24H,8-9,13H2,(H2,23,25)(H,27,28,29). The summed E-state index contributed by atoms with van der Waals surface area (Å²) in [5.74, 6) is 0.490. The van der Waals surface area contributed by atoms with E-state index < -0.39 is 0 Å². The summed E-state index contributed by atoms with van der Waals surface area (Å²) in [5.41, 5.74) is 10.8. The minimum absolute atomic E-state index is 0.0157. The monoisotopic (exact) mass is 399 g/mol. The van der Waals surface area contributed by atoms with Gasteiger partial charge in [-0.3, -0.25) is 9.97 Å². The van der Waals surface area contributed by atoms with Crippen molar-refractivity contribution in [3.8, 4) is 11.3 Å². The van der Waals surface area contributed by atoms with Gasteiger partial charge >= 0.3 is 0 Å². The molecular formula is C22H21N7O. The van der Waals surface area contributed by atoms with Crippen LogP contribution in [-0.2, 0) is 4.74 Å². The van der Waals surface area contributed by atoms with Gasteiger partial charge in [-0.05, 0) is 24.3 Å². The molecule has 8 heteroatoms. The SMILES string of the molecule is Nc1ccnc(-c2cccc3cnc(Nc4ccc(C5CNCCO5)nc4)nc23)c1. The quantitative estimate of drug-likeness (QED) is 0.480. The van der Waals surface area contributed by atoms with Crippen molar-refractivity contribution < 1.29 is 4.74 Å². The molecule has 1 fully saturated rings. The van der Waals surface area contributed by atoms with E-state index in [0.29, 0.717) is 18.2 Å². The average molecular weight is 399 g/mol. The molecule has 1 saturated heterocycles. The Kier molecular flexibility index (Phi) is 4.92. The predicted molar refractivity (Wildman–Crippen MR) is 116 cm³/mol. The van der Waals surface area contributed by atoms with Gasteiger partial charge in [0.05, 0.1) is 35.4 Å². The molecule has 1 aromatic carbocycles. The van der Waals surface area contributed by atoms with E-state index in [9.17, 15) is 0 Å². The second-order valence-corrected chi connectivity index (χ2v) is 7.07. The van der Waals surface area contributed by atoms with Crippen molar-refractivity contribution in [3.63, 3.8) is 0 Å². The molecule has 0 saturated carbocycles. The Morgan fingerprint density at radius 2 is 2.03 bits per heavy atom. The molecule has 3 aromatic heterocycles. The smallest absolute Gasteiger partial charge is 0.227 e. The summed E-state index contributed by atoms with van der Waals surface area (Å²) in [6.07, 6.45) is 5.25. The van der Waals surface area contributed by atoms with Crippen LogP contribution in [-0.4, -0.2) is 39.6 Å². The summed E-state index contributed by atoms with van der Waals surface area (Å²) in [5, 5.41) is 7.47. The molecule has 4 heterocycles. The number of hydrogen-bond donors (Lipinski definition) is 3. The zero-order chi connectivity index (χ0) is 20.3. The molecule has 0 spiro atoms. The summed E-state index contributed by atoms with van der Waals surface area (Å²) >= 11 is 0. The zero-order valence-electron chi connectivity index (χ0n) is 16.2. The molecule has 0 bridgehead atoms. The van der Waals surface area contributed by atoms with E-state index in [1.165, 1.54) is 0 Å². The first-order chi connectivity index (χ1) is 14.8. The van der Waals surface area contributed by atoms with Crippen LogP contribution in [0.2, 0.25) is 0 Å². The maximum Gasteiger partial charge on any atom is 0.227 e. The summed E-state index contributed by atoms with van der Waals surface area (Å²) in [4.78, 5) is 18.1. The number of anilines is 3. The second kappa shape index (κ2) is 8.02. The van der Waals surface area contributed by atoms with E-state index >= 15 is 0 Å². The van der Waals surface area contributed by atoms with Gasteiger partial charge in [-0.2, -0.15) is 0 Å². The van der Waals surface area contributed by atoms with Crippen molar-refractivity contribution in [1.82, 2.24) is 25.3 Å². The largest absolute Gasteiger partial charge is 0.399 e. The number of nitrogens with two attached hydrogens (primary N) is 1. The van der Waals surface area contributed by atoms with Crippen LogP contribution in [0.3, 0.4) is 0 Å². The molecule has 30 heavy (non-hydrogen) atoms. The van der Waals surface area contributed by atoms with Gasteiger partial charge in [-0.15, -0.1) is 0 Å². The zero-order valence-corrected chi connectivity index (χ0v) is 16.2. The molecule has 4 aromatic rings. The number of fused-ring (bicyclic) bond motifs is 1. The van der Waals surface area contributed by atoms with Crippen molar-refractivity contribution in [3.05, 3.63) is 66.7 Å². The van der Waals surface area contributed by atoms with Gasteiger partial charge in [0.25, 0.3) is 0 Å². The van der Waals surface area contributed by atoms with E-state index in [1.807, 2.05) is 36.4 Å². The molecule has 1 unspecified atom stereocenters. The van der Waals surface area contributed by atoms with Gasteiger partial charge in [0.2, 0.25) is 5.95 Å². The van der Waals surface area contributed by atoms with Crippen LogP contribution in [0.15, 0.2) is 61.1 Å². The lowest BCUT2D eigenvalue weighted by Gasteiger charge is -2.23. The third-order valence-corrected chi connectivity index (χ3v) is 4.97. The minimum Gasteiger partial charge on any atom is -0.399 e. The molecule has 0 amide bonds. The fourth-order valence-electron chi connectivity index (χ4n) is 3.47. The lowest BCUT2D eigenvalue weighted by molar-refractivity contribution is 0.0250. The number of nitrogens with one attached hydrogen (secondary N) is 2. The van der Waals surface area contributed by atoms with Crippen LogP contribution in [0.25, 0.3) is 22.2 Å². The van der Waals surface area contributed by atoms with Crippen LogP contribution in [0, 0.1) is 0 Å². The van der Waals surface area contributed by atoms with Crippen molar-refractivity contribution in [2.75, 3.05) is 30.7 Å². The van der Waals surface area contributed by atoms with E-state index in [2.05, 4.69) is 25.6 Å². The van der Waals surface area contributed by atoms with Gasteiger partial charge in [0, 0.05) is 42.1 Å². The van der Waals surface area contributed by atoms with Crippen LogP contribution in [0.5, 0.6) is 0 Å². The number of aromatic nitrogens is 4. The highest BCUT2D eigenvalue weighted by atomic mass is 16.5. The maximum atomic E-state index is 5.93. The number of rotatable bonds is 4. The highest BCUT2D eigenvalue weighted by Gasteiger charge is 2.16. The van der Waals surface area contributed by atoms with E-state index in [-0.39, 0.29) is 6.10 Å². The second-order valence-electron chi connectivity index (χ2n) is 7.07. The van der Waals surface area contributed by atoms with Crippen LogP contribution in [0.4, 0.5) is 17.3 Å². The Morgan fingerprint density at radius 1 is 1.07 bits per heavy atom. The first-order valence-corrected chi connectivity index (χ1v) is 9.79. The number of benzene rings is 1. The number of hydrogen-bond acceptors (Lipinski definition) is 8. The molecule has 5 rings (SSSR count). The summed E-state index contributed by atoms with van der Waals surface area (Å²) in [7, 11) is 0. The van der Waals surface area contributed by atoms with Crippen molar-refractivity contribution in [1.29, 1.82) is 0 Å². The Hall–Kier alpha value is -3.62. The Bertz CT molecular complexity index is 1170. The molecule has 8 nitrogen and oxygen atoms in total. The number of nitrogens with zero attached hydrogens (tertiary/aromatic N) is 4. The van der Waals surface area contributed by atoms with Crippen LogP contribution in [0.1, 0.15) is 11.8 Å². The van der Waals surface area contributed by atoms with Gasteiger partial charge in [0.1, 0.15) is 6.10 Å².